The summed E-state index contributed by atoms with van der Waals surface area (Å²) in [5.74, 6) is -0.367. The average molecular weight is 448 g/mol. The van der Waals surface area contributed by atoms with Crippen LogP contribution in [0, 0.1) is 5.92 Å². The first-order valence-corrected chi connectivity index (χ1v) is 11.2. The molecule has 3 atom stereocenters. The lowest BCUT2D eigenvalue weighted by Gasteiger charge is -2.37. The van der Waals surface area contributed by atoms with E-state index in [1.807, 2.05) is 43.3 Å². The molecular weight excluding hydrogens is 418 g/mol. The van der Waals surface area contributed by atoms with E-state index >= 15 is 0 Å². The number of esters is 1. The molecular formula is C27H29NO5. The van der Waals surface area contributed by atoms with Gasteiger partial charge in [0.15, 0.2) is 5.78 Å². The minimum atomic E-state index is -0.707. The number of benzene rings is 2. The van der Waals surface area contributed by atoms with Crippen LogP contribution >= 0.6 is 0 Å². The van der Waals surface area contributed by atoms with Crippen molar-refractivity contribution in [2.24, 2.45) is 10.9 Å². The molecule has 0 saturated carbocycles. The fourth-order valence-electron chi connectivity index (χ4n) is 4.98. The molecule has 0 spiro atoms. The predicted molar refractivity (Wildman–Crippen MR) is 126 cm³/mol. The number of rotatable bonds is 6. The Morgan fingerprint density at radius 2 is 1.82 bits per heavy atom. The van der Waals surface area contributed by atoms with Gasteiger partial charge in [-0.3, -0.25) is 14.6 Å². The van der Waals surface area contributed by atoms with E-state index in [1.165, 1.54) is 0 Å². The van der Waals surface area contributed by atoms with Gasteiger partial charge in [0.25, 0.3) is 0 Å². The van der Waals surface area contributed by atoms with Gasteiger partial charge in [0, 0.05) is 34.9 Å². The highest BCUT2D eigenvalue weighted by Gasteiger charge is 2.45. The van der Waals surface area contributed by atoms with Gasteiger partial charge >= 0.3 is 5.97 Å². The van der Waals surface area contributed by atoms with E-state index in [0.717, 1.165) is 16.8 Å². The molecule has 2 aromatic carbocycles. The monoisotopic (exact) mass is 447 g/mol. The van der Waals surface area contributed by atoms with Crippen LogP contribution < -0.4 is 9.47 Å². The topological polar surface area (TPSA) is 74.2 Å². The van der Waals surface area contributed by atoms with Crippen LogP contribution in [0.2, 0.25) is 0 Å². The zero-order valence-corrected chi connectivity index (χ0v) is 19.5. The number of aliphatic imine (C=N–C) groups is 1. The number of carbonyl (C=O) groups is 2. The fourth-order valence-corrected chi connectivity index (χ4v) is 4.98. The van der Waals surface area contributed by atoms with E-state index in [2.05, 4.69) is 0 Å². The van der Waals surface area contributed by atoms with E-state index in [1.54, 1.807) is 33.3 Å². The first kappa shape index (κ1) is 22.8. The molecule has 6 nitrogen and oxygen atoms in total. The summed E-state index contributed by atoms with van der Waals surface area (Å²) in [6.07, 6.45) is 1.01. The molecule has 1 heterocycles. The molecule has 0 radical (unpaired) electrons. The lowest BCUT2D eigenvalue weighted by atomic mass is 9.69. The third-order valence-electron chi connectivity index (χ3n) is 6.47. The summed E-state index contributed by atoms with van der Waals surface area (Å²) >= 11 is 0. The Hall–Kier alpha value is -3.41. The van der Waals surface area contributed by atoms with Gasteiger partial charge in [0.1, 0.15) is 17.4 Å². The van der Waals surface area contributed by atoms with Crippen LogP contribution in [0.1, 0.15) is 49.7 Å². The van der Waals surface area contributed by atoms with E-state index in [0.29, 0.717) is 35.6 Å². The number of hydrogen-bond donors (Lipinski definition) is 0. The van der Waals surface area contributed by atoms with Gasteiger partial charge in [0.2, 0.25) is 0 Å². The maximum Gasteiger partial charge on any atom is 0.315 e. The lowest BCUT2D eigenvalue weighted by molar-refractivity contribution is -0.146. The average Bonchev–Trinajstić information content (AvgIpc) is 2.83. The van der Waals surface area contributed by atoms with Gasteiger partial charge in [0.05, 0.1) is 20.8 Å². The Kier molecular flexibility index (Phi) is 6.63. The first-order chi connectivity index (χ1) is 16.0. The number of ether oxygens (including phenoxy) is 3. The molecule has 1 aliphatic carbocycles. The second-order valence-corrected chi connectivity index (χ2v) is 8.37. The van der Waals surface area contributed by atoms with Crippen molar-refractivity contribution in [3.8, 4) is 11.5 Å². The van der Waals surface area contributed by atoms with E-state index in [4.69, 9.17) is 19.2 Å². The molecule has 0 N–H and O–H groups in total. The third kappa shape index (κ3) is 4.30. The van der Waals surface area contributed by atoms with Crippen molar-refractivity contribution in [1.29, 1.82) is 0 Å². The number of Topliss-reactive ketones (excluding diaryl/α,β-unsaturated/α-hetero) is 1. The fraction of sp³-hybridized carbons (Fsp3) is 0.370. The molecule has 0 bridgehead atoms. The number of nitrogens with zero attached hydrogens (tertiary/aromatic N) is 1. The lowest BCUT2D eigenvalue weighted by Crippen LogP contribution is -2.38. The second-order valence-electron chi connectivity index (χ2n) is 8.37. The van der Waals surface area contributed by atoms with Crippen molar-refractivity contribution in [3.63, 3.8) is 0 Å². The molecule has 0 saturated heterocycles. The van der Waals surface area contributed by atoms with Crippen LogP contribution in [0.15, 0.2) is 64.8 Å². The normalized spacial score (nSPS) is 22.4. The molecule has 1 aliphatic heterocycles. The number of allylic oxidation sites excluding steroid dienone is 2. The van der Waals surface area contributed by atoms with Crippen LogP contribution in [0.4, 0.5) is 0 Å². The summed E-state index contributed by atoms with van der Waals surface area (Å²) in [6.45, 7) is 3.86. The Bertz CT molecular complexity index is 1120. The van der Waals surface area contributed by atoms with Crippen molar-refractivity contribution in [2.45, 2.75) is 38.5 Å². The molecule has 4 rings (SSSR count). The van der Waals surface area contributed by atoms with Gasteiger partial charge in [-0.15, -0.1) is 0 Å². The highest BCUT2D eigenvalue weighted by molar-refractivity contribution is 6.09. The molecule has 6 heteroatoms. The Labute approximate surface area is 194 Å². The summed E-state index contributed by atoms with van der Waals surface area (Å²) < 4.78 is 16.5. The Morgan fingerprint density at radius 1 is 1.06 bits per heavy atom. The minimum Gasteiger partial charge on any atom is -0.497 e. The molecule has 0 amide bonds. The first-order valence-electron chi connectivity index (χ1n) is 11.2. The maximum absolute atomic E-state index is 13.6. The molecule has 2 aliphatic rings. The number of hydrogen-bond acceptors (Lipinski definition) is 6. The summed E-state index contributed by atoms with van der Waals surface area (Å²) in [4.78, 5) is 31.5. The van der Waals surface area contributed by atoms with Crippen LogP contribution in [-0.4, -0.2) is 38.3 Å². The zero-order chi connectivity index (χ0) is 23.5. The van der Waals surface area contributed by atoms with E-state index in [-0.39, 0.29) is 18.3 Å². The molecule has 172 valence electrons. The standard InChI is InChI=1S/C27H29NO5/c1-5-33-27(30)24-16(2)28-21-13-18(17-9-7-6-8-10-17)14-22(29)26(21)25(24)20-15-19(31-3)11-12-23(20)32-4/h6-12,15,18,24-25H,5,13-14H2,1-4H3/t18-,24?,25-/m0/s1. The molecule has 2 aromatic rings. The Balaban J connectivity index is 1.87. The molecule has 0 aromatic heterocycles. The quantitative estimate of drug-likeness (QED) is 0.593. The van der Waals surface area contributed by atoms with Crippen molar-refractivity contribution in [3.05, 3.63) is 70.9 Å². The van der Waals surface area contributed by atoms with Gasteiger partial charge in [-0.25, -0.2) is 0 Å². The molecule has 0 fully saturated rings. The number of ketones is 1. The van der Waals surface area contributed by atoms with Crippen molar-refractivity contribution in [2.75, 3.05) is 20.8 Å². The van der Waals surface area contributed by atoms with Gasteiger partial charge in [-0.1, -0.05) is 30.3 Å². The van der Waals surface area contributed by atoms with Crippen molar-refractivity contribution in [1.82, 2.24) is 0 Å². The zero-order valence-electron chi connectivity index (χ0n) is 19.5. The number of carbonyl (C=O) groups excluding carboxylic acids is 2. The van der Waals surface area contributed by atoms with E-state index < -0.39 is 17.8 Å². The highest BCUT2D eigenvalue weighted by Crippen LogP contribution is 2.49. The van der Waals surface area contributed by atoms with Crippen LogP contribution in [0.25, 0.3) is 0 Å². The van der Waals surface area contributed by atoms with E-state index in [9.17, 15) is 9.59 Å². The summed E-state index contributed by atoms with van der Waals surface area (Å²) in [5.41, 5.74) is 3.81. The van der Waals surface area contributed by atoms with Crippen molar-refractivity contribution < 1.29 is 23.8 Å². The number of methoxy groups -OCH3 is 2. The third-order valence-corrected chi connectivity index (χ3v) is 6.47. The van der Waals surface area contributed by atoms with Crippen LogP contribution in [0.5, 0.6) is 11.5 Å². The van der Waals surface area contributed by atoms with Crippen molar-refractivity contribution >= 4 is 17.5 Å². The largest absolute Gasteiger partial charge is 0.497 e. The molecule has 33 heavy (non-hydrogen) atoms. The van der Waals surface area contributed by atoms with Gasteiger partial charge in [-0.05, 0) is 49.9 Å². The van der Waals surface area contributed by atoms with Gasteiger partial charge < -0.3 is 14.2 Å². The Morgan fingerprint density at radius 3 is 2.48 bits per heavy atom. The summed E-state index contributed by atoms with van der Waals surface area (Å²) in [7, 11) is 3.17. The smallest absolute Gasteiger partial charge is 0.315 e. The van der Waals surface area contributed by atoms with Gasteiger partial charge in [-0.2, -0.15) is 0 Å². The second kappa shape index (κ2) is 9.61. The highest BCUT2D eigenvalue weighted by atomic mass is 16.5. The predicted octanol–water partition coefficient (Wildman–Crippen LogP) is 4.84. The summed E-state index contributed by atoms with van der Waals surface area (Å²) in [5, 5.41) is 0. The maximum atomic E-state index is 13.6. The summed E-state index contributed by atoms with van der Waals surface area (Å²) in [6, 6.07) is 15.5. The molecule has 1 unspecified atom stereocenters. The minimum absolute atomic E-state index is 0.00512. The van der Waals surface area contributed by atoms with Crippen LogP contribution in [-0.2, 0) is 14.3 Å². The SMILES string of the molecule is CCOC(=O)C1C(C)=NC2=C(C(=O)C[C@@H](c3ccccc3)C2)[C@H]1c1cc(OC)ccc1OC. The van der Waals surface area contributed by atoms with Crippen LogP contribution in [0.3, 0.4) is 0 Å².